The topological polar surface area (TPSA) is 6.48 Å². The first-order valence-corrected chi connectivity index (χ1v) is 22.0. The summed E-state index contributed by atoms with van der Waals surface area (Å²) in [5.74, 6) is 0.850. The van der Waals surface area contributed by atoms with Gasteiger partial charge in [-0.1, -0.05) is 194 Å². The van der Waals surface area contributed by atoms with Crippen LogP contribution in [0.2, 0.25) is 0 Å². The Balaban J connectivity index is 0.825. The van der Waals surface area contributed by atoms with E-state index in [2.05, 4.69) is 259 Å². The van der Waals surface area contributed by atoms with Gasteiger partial charge in [-0.15, -0.1) is 0 Å². The maximum atomic E-state index is 2.50. The molecular weight excluding hydrogens is 749 g/mol. The van der Waals surface area contributed by atoms with Crippen LogP contribution in [-0.2, 0) is 0 Å². The highest BCUT2D eigenvalue weighted by molar-refractivity contribution is 5.79. The maximum absolute atomic E-state index is 2.50. The third-order valence-electron chi connectivity index (χ3n) is 12.5. The lowest BCUT2D eigenvalue weighted by Gasteiger charge is -2.35. The minimum atomic E-state index is 0.279. The number of nitrogens with zero attached hydrogens (tertiary/aromatic N) is 2. The van der Waals surface area contributed by atoms with Crippen LogP contribution in [-0.4, -0.2) is 6.04 Å². The fourth-order valence-electron chi connectivity index (χ4n) is 9.08. The molecule has 0 spiro atoms. The molecule has 300 valence electrons. The average Bonchev–Trinajstić information content (AvgIpc) is 3.36. The van der Waals surface area contributed by atoms with Crippen LogP contribution in [0.1, 0.15) is 42.2 Å². The number of para-hydroxylation sites is 1. The maximum Gasteiger partial charge on any atom is 0.0559 e. The molecule has 0 saturated heterocycles. The zero-order chi connectivity index (χ0) is 41.5. The SMILES string of the molecule is C1=CCC(c2ccc(N(c3ccccc3)c3ccc(-c4ccc(-c5ccc(-c6ccc(N(C7=CCC(c8ccccc8)C=C7)C7C=CC=CC7)cc6)cc5)cc4)cc3)cc2)C=C1. The Morgan fingerprint density at radius 1 is 0.339 bits per heavy atom. The third kappa shape index (κ3) is 8.46. The summed E-state index contributed by atoms with van der Waals surface area (Å²) in [7, 11) is 0. The number of benzene rings is 7. The van der Waals surface area contributed by atoms with E-state index in [1.54, 1.807) is 0 Å². The summed E-state index contributed by atoms with van der Waals surface area (Å²) >= 11 is 0. The van der Waals surface area contributed by atoms with Crippen LogP contribution in [0, 0.1) is 0 Å². The zero-order valence-corrected chi connectivity index (χ0v) is 34.9. The van der Waals surface area contributed by atoms with Crippen LogP contribution in [0.5, 0.6) is 0 Å². The van der Waals surface area contributed by atoms with Crippen molar-refractivity contribution in [3.63, 3.8) is 0 Å². The average molecular weight is 799 g/mol. The Hall–Kier alpha value is -7.42. The Morgan fingerprint density at radius 3 is 1.26 bits per heavy atom. The number of hydrogen-bond acceptors (Lipinski definition) is 2. The molecule has 10 rings (SSSR count). The predicted octanol–water partition coefficient (Wildman–Crippen LogP) is 16.1. The van der Waals surface area contributed by atoms with Crippen molar-refractivity contribution >= 4 is 22.7 Å². The second kappa shape index (κ2) is 18.1. The number of hydrogen-bond donors (Lipinski definition) is 0. The Bertz CT molecular complexity index is 2770. The molecule has 0 N–H and O–H groups in total. The van der Waals surface area contributed by atoms with Gasteiger partial charge in [-0.2, -0.15) is 0 Å². The van der Waals surface area contributed by atoms with E-state index in [0.717, 1.165) is 36.3 Å². The molecule has 0 fully saturated rings. The smallest absolute Gasteiger partial charge is 0.0559 e. The van der Waals surface area contributed by atoms with Crippen molar-refractivity contribution in [3.8, 4) is 33.4 Å². The minimum Gasteiger partial charge on any atom is -0.335 e. The van der Waals surface area contributed by atoms with Crippen molar-refractivity contribution in [3.05, 3.63) is 266 Å². The molecular formula is C60H50N2. The highest BCUT2D eigenvalue weighted by Gasteiger charge is 2.23. The Labute approximate surface area is 367 Å². The summed E-state index contributed by atoms with van der Waals surface area (Å²) in [6, 6.07) is 66.7. The van der Waals surface area contributed by atoms with Gasteiger partial charge in [0.25, 0.3) is 0 Å². The Kier molecular flexibility index (Phi) is 11.3. The lowest BCUT2D eigenvalue weighted by atomic mass is 9.91. The quantitative estimate of drug-likeness (QED) is 0.129. The van der Waals surface area contributed by atoms with Crippen LogP contribution in [0.4, 0.5) is 22.7 Å². The molecule has 7 aromatic rings. The summed E-state index contributed by atoms with van der Waals surface area (Å²) < 4.78 is 0. The number of rotatable bonds is 11. The molecule has 0 heterocycles. The van der Waals surface area contributed by atoms with Gasteiger partial charge in [-0.05, 0) is 118 Å². The third-order valence-corrected chi connectivity index (χ3v) is 12.5. The predicted molar refractivity (Wildman–Crippen MR) is 263 cm³/mol. The monoisotopic (exact) mass is 798 g/mol. The second-order valence-electron chi connectivity index (χ2n) is 16.4. The van der Waals surface area contributed by atoms with Crippen molar-refractivity contribution in [2.45, 2.75) is 37.1 Å². The molecule has 0 amide bonds. The van der Waals surface area contributed by atoms with Crippen LogP contribution >= 0.6 is 0 Å². The van der Waals surface area contributed by atoms with Crippen molar-refractivity contribution in [1.29, 1.82) is 0 Å². The molecule has 2 nitrogen and oxygen atoms in total. The normalized spacial score (nSPS) is 17.7. The molecule has 2 heteroatoms. The standard InChI is InChI=1S/C60H50N2/c1-5-13-45(14-6-1)51-29-37-57(38-30-51)61(55-17-9-3-10-18-55)59-41-33-53(34-42-59)49-25-21-47(22-26-49)48-23-27-50(28-24-48)54-35-43-60(44-36-54)62(56-19-11-4-12-20-56)58-39-31-52(32-40-58)46-15-7-2-8-16-46/h1-15,17,19-29,31-44,46,51,55H,16,18,30H2. The van der Waals surface area contributed by atoms with Gasteiger partial charge in [0.2, 0.25) is 0 Å². The van der Waals surface area contributed by atoms with E-state index in [-0.39, 0.29) is 6.04 Å². The van der Waals surface area contributed by atoms with Gasteiger partial charge in [-0.3, -0.25) is 0 Å². The fraction of sp³-hybridized carbons (Fsp3) is 0.100. The lowest BCUT2D eigenvalue weighted by molar-refractivity contribution is 0.745. The minimum absolute atomic E-state index is 0.279. The first kappa shape index (κ1) is 38.8. The van der Waals surface area contributed by atoms with E-state index in [0.29, 0.717) is 11.8 Å². The zero-order valence-electron chi connectivity index (χ0n) is 34.9. The van der Waals surface area contributed by atoms with Crippen LogP contribution < -0.4 is 9.80 Å². The number of allylic oxidation sites excluding steroid dienone is 9. The molecule has 3 aliphatic carbocycles. The van der Waals surface area contributed by atoms with Crippen LogP contribution in [0.3, 0.4) is 0 Å². The first-order valence-electron chi connectivity index (χ1n) is 22.0. The van der Waals surface area contributed by atoms with Crippen molar-refractivity contribution in [1.82, 2.24) is 0 Å². The van der Waals surface area contributed by atoms with Gasteiger partial charge < -0.3 is 9.80 Å². The molecule has 0 radical (unpaired) electrons. The van der Waals surface area contributed by atoms with Crippen molar-refractivity contribution in [2.75, 3.05) is 9.80 Å². The molecule has 3 atom stereocenters. The van der Waals surface area contributed by atoms with E-state index in [4.69, 9.17) is 0 Å². The van der Waals surface area contributed by atoms with E-state index in [1.807, 2.05) is 0 Å². The van der Waals surface area contributed by atoms with Gasteiger partial charge in [0.1, 0.15) is 0 Å². The molecule has 0 bridgehead atoms. The van der Waals surface area contributed by atoms with Gasteiger partial charge in [0.05, 0.1) is 6.04 Å². The van der Waals surface area contributed by atoms with Gasteiger partial charge >= 0.3 is 0 Å². The highest BCUT2D eigenvalue weighted by atomic mass is 15.2. The van der Waals surface area contributed by atoms with E-state index < -0.39 is 0 Å². The summed E-state index contributed by atoms with van der Waals surface area (Å²) in [4.78, 5) is 4.83. The van der Waals surface area contributed by atoms with E-state index in [1.165, 1.54) is 55.9 Å². The molecule has 0 aliphatic heterocycles. The summed E-state index contributed by atoms with van der Waals surface area (Å²) in [6.07, 6.45) is 27.9. The van der Waals surface area contributed by atoms with E-state index in [9.17, 15) is 0 Å². The van der Waals surface area contributed by atoms with Crippen molar-refractivity contribution < 1.29 is 0 Å². The van der Waals surface area contributed by atoms with Crippen LogP contribution in [0.25, 0.3) is 33.4 Å². The van der Waals surface area contributed by atoms with Gasteiger partial charge in [-0.25, -0.2) is 0 Å². The molecule has 3 unspecified atom stereocenters. The molecule has 0 aromatic heterocycles. The first-order chi connectivity index (χ1) is 30.7. The summed E-state index contributed by atoms with van der Waals surface area (Å²) in [5.41, 5.74) is 15.9. The molecule has 7 aromatic carbocycles. The largest absolute Gasteiger partial charge is 0.335 e. The van der Waals surface area contributed by atoms with Crippen LogP contribution in [0.15, 0.2) is 255 Å². The van der Waals surface area contributed by atoms with Gasteiger partial charge in [0, 0.05) is 40.3 Å². The second-order valence-corrected chi connectivity index (χ2v) is 16.4. The number of anilines is 4. The lowest BCUT2D eigenvalue weighted by Crippen LogP contribution is -2.33. The summed E-state index contributed by atoms with van der Waals surface area (Å²) in [6.45, 7) is 0. The highest BCUT2D eigenvalue weighted by Crippen LogP contribution is 2.38. The van der Waals surface area contributed by atoms with Crippen molar-refractivity contribution in [2.24, 2.45) is 0 Å². The molecule has 3 aliphatic rings. The molecule has 62 heavy (non-hydrogen) atoms. The Morgan fingerprint density at radius 2 is 0.774 bits per heavy atom. The fourth-order valence-corrected chi connectivity index (χ4v) is 9.08. The van der Waals surface area contributed by atoms with E-state index >= 15 is 0 Å². The summed E-state index contributed by atoms with van der Waals surface area (Å²) in [5, 5.41) is 0. The molecule has 0 saturated carbocycles. The van der Waals surface area contributed by atoms with Gasteiger partial charge in [0.15, 0.2) is 0 Å².